The van der Waals surface area contributed by atoms with E-state index in [2.05, 4.69) is 26.2 Å². The van der Waals surface area contributed by atoms with Crippen LogP contribution in [0.4, 0.5) is 4.79 Å². The standard InChI is InChI=1S/C18H34N2O4/c1-17(2,3)9-8-15(21)20(12-13-10-14(11-13)23-7)19-16(22)24-18(4,5)6/h13-14H,8-12H2,1-7H3,(H,19,22). The Kier molecular flexibility index (Phi) is 7.08. The van der Waals surface area contributed by atoms with Crippen LogP contribution in [0.25, 0.3) is 0 Å². The molecule has 0 spiro atoms. The van der Waals surface area contributed by atoms with Crippen LogP contribution in [-0.2, 0) is 14.3 Å². The van der Waals surface area contributed by atoms with Crippen molar-refractivity contribution >= 4 is 12.0 Å². The van der Waals surface area contributed by atoms with Gasteiger partial charge in [0.15, 0.2) is 0 Å². The molecule has 1 saturated carbocycles. The van der Waals surface area contributed by atoms with Gasteiger partial charge in [0.1, 0.15) is 5.60 Å². The number of nitrogens with one attached hydrogen (secondary N) is 1. The van der Waals surface area contributed by atoms with Crippen molar-refractivity contribution < 1.29 is 19.1 Å². The van der Waals surface area contributed by atoms with E-state index in [1.165, 1.54) is 5.01 Å². The molecular weight excluding hydrogens is 308 g/mol. The van der Waals surface area contributed by atoms with Gasteiger partial charge >= 0.3 is 6.09 Å². The molecule has 0 aliphatic heterocycles. The summed E-state index contributed by atoms with van der Waals surface area (Å²) in [6.45, 7) is 12.2. The lowest BCUT2D eigenvalue weighted by Crippen LogP contribution is -2.52. The summed E-state index contributed by atoms with van der Waals surface area (Å²) < 4.78 is 10.6. The van der Waals surface area contributed by atoms with Crippen LogP contribution in [0.5, 0.6) is 0 Å². The van der Waals surface area contributed by atoms with E-state index in [0.717, 1.165) is 19.3 Å². The van der Waals surface area contributed by atoms with Crippen LogP contribution in [-0.4, -0.2) is 42.4 Å². The van der Waals surface area contributed by atoms with E-state index < -0.39 is 11.7 Å². The molecule has 0 aromatic heterocycles. The first-order valence-corrected chi connectivity index (χ1v) is 8.72. The first-order chi connectivity index (χ1) is 10.9. The minimum absolute atomic E-state index is 0.0725. The molecule has 6 nitrogen and oxygen atoms in total. The SMILES string of the molecule is COC1CC(CN(NC(=O)OC(C)(C)C)C(=O)CCC(C)(C)C)C1. The van der Waals surface area contributed by atoms with Crippen LogP contribution in [0.1, 0.15) is 67.2 Å². The number of hydrogen-bond donors (Lipinski definition) is 1. The van der Waals surface area contributed by atoms with E-state index in [9.17, 15) is 9.59 Å². The zero-order valence-electron chi connectivity index (χ0n) is 16.3. The molecule has 0 radical (unpaired) electrons. The van der Waals surface area contributed by atoms with Gasteiger partial charge in [-0.1, -0.05) is 20.8 Å². The third-order valence-electron chi connectivity index (χ3n) is 3.98. The van der Waals surface area contributed by atoms with Gasteiger partial charge in [-0.25, -0.2) is 10.2 Å². The molecule has 0 unspecified atom stereocenters. The van der Waals surface area contributed by atoms with Gasteiger partial charge in [0, 0.05) is 20.1 Å². The van der Waals surface area contributed by atoms with Crippen molar-refractivity contribution in [2.24, 2.45) is 11.3 Å². The van der Waals surface area contributed by atoms with Crippen LogP contribution >= 0.6 is 0 Å². The fourth-order valence-corrected chi connectivity index (χ4v) is 2.51. The minimum atomic E-state index is -0.595. The van der Waals surface area contributed by atoms with Gasteiger partial charge in [0.2, 0.25) is 5.91 Å². The highest BCUT2D eigenvalue weighted by molar-refractivity contribution is 5.79. The number of nitrogens with zero attached hydrogens (tertiary/aromatic N) is 1. The van der Waals surface area contributed by atoms with Crippen LogP contribution in [0.15, 0.2) is 0 Å². The lowest BCUT2D eigenvalue weighted by Gasteiger charge is -2.37. The molecule has 0 bridgehead atoms. The number of hydrazine groups is 1. The van der Waals surface area contributed by atoms with E-state index in [4.69, 9.17) is 9.47 Å². The predicted octanol–water partition coefficient (Wildman–Crippen LogP) is 3.51. The molecule has 1 aliphatic carbocycles. The molecule has 1 aliphatic rings. The summed E-state index contributed by atoms with van der Waals surface area (Å²) in [6, 6.07) is 0. The average Bonchev–Trinajstić information content (AvgIpc) is 2.35. The highest BCUT2D eigenvalue weighted by Gasteiger charge is 2.33. The van der Waals surface area contributed by atoms with Gasteiger partial charge in [-0.2, -0.15) is 0 Å². The van der Waals surface area contributed by atoms with Crippen LogP contribution in [0, 0.1) is 11.3 Å². The monoisotopic (exact) mass is 342 g/mol. The summed E-state index contributed by atoms with van der Waals surface area (Å²) in [5, 5.41) is 1.43. The number of carbonyl (C=O) groups excluding carboxylic acids is 2. The molecule has 6 heteroatoms. The fraction of sp³-hybridized carbons (Fsp3) is 0.889. The van der Waals surface area contributed by atoms with Crippen molar-refractivity contribution in [3.63, 3.8) is 0 Å². The van der Waals surface area contributed by atoms with Gasteiger partial charge < -0.3 is 9.47 Å². The van der Waals surface area contributed by atoms with Crippen molar-refractivity contribution in [2.75, 3.05) is 13.7 Å². The van der Waals surface area contributed by atoms with Gasteiger partial charge in [-0.3, -0.25) is 9.80 Å². The number of methoxy groups -OCH3 is 1. The van der Waals surface area contributed by atoms with Crippen LogP contribution in [0.3, 0.4) is 0 Å². The number of rotatable bonds is 5. The molecule has 0 atom stereocenters. The van der Waals surface area contributed by atoms with E-state index in [0.29, 0.717) is 18.9 Å². The van der Waals surface area contributed by atoms with E-state index >= 15 is 0 Å². The third-order valence-corrected chi connectivity index (χ3v) is 3.98. The Morgan fingerprint density at radius 1 is 1.12 bits per heavy atom. The minimum Gasteiger partial charge on any atom is -0.443 e. The van der Waals surface area contributed by atoms with Crippen molar-refractivity contribution in [3.05, 3.63) is 0 Å². The van der Waals surface area contributed by atoms with Gasteiger partial charge in [-0.05, 0) is 51.4 Å². The molecule has 0 aromatic carbocycles. The quantitative estimate of drug-likeness (QED) is 0.776. The second kappa shape index (κ2) is 8.19. The first kappa shape index (κ1) is 20.7. The smallest absolute Gasteiger partial charge is 0.426 e. The van der Waals surface area contributed by atoms with E-state index in [1.54, 1.807) is 27.9 Å². The molecule has 0 aromatic rings. The molecule has 1 N–H and O–H groups in total. The van der Waals surface area contributed by atoms with E-state index in [1.807, 2.05) is 0 Å². The van der Waals surface area contributed by atoms with Crippen molar-refractivity contribution in [3.8, 4) is 0 Å². The summed E-state index contributed by atoms with van der Waals surface area (Å²) in [5.41, 5.74) is 2.10. The van der Waals surface area contributed by atoms with Crippen LogP contribution in [0.2, 0.25) is 0 Å². The lowest BCUT2D eigenvalue weighted by atomic mass is 9.82. The molecule has 1 fully saturated rings. The van der Waals surface area contributed by atoms with E-state index in [-0.39, 0.29) is 17.4 Å². The molecule has 1 rings (SSSR count). The summed E-state index contributed by atoms with van der Waals surface area (Å²) in [7, 11) is 1.70. The molecule has 2 amide bonds. The highest BCUT2D eigenvalue weighted by Crippen LogP contribution is 2.30. The predicted molar refractivity (Wildman–Crippen MR) is 93.3 cm³/mol. The maximum atomic E-state index is 12.5. The summed E-state index contributed by atoms with van der Waals surface area (Å²) >= 11 is 0. The van der Waals surface area contributed by atoms with Crippen molar-refractivity contribution in [1.82, 2.24) is 10.4 Å². The molecular formula is C18H34N2O4. The number of hydrogen-bond acceptors (Lipinski definition) is 4. The number of amides is 2. The number of carbonyl (C=O) groups is 2. The summed E-state index contributed by atoms with van der Waals surface area (Å²) in [6.07, 6.45) is 2.67. The average molecular weight is 342 g/mol. The lowest BCUT2D eigenvalue weighted by molar-refractivity contribution is -0.137. The normalized spacial score (nSPS) is 21.0. The zero-order valence-corrected chi connectivity index (χ0v) is 16.3. The molecule has 24 heavy (non-hydrogen) atoms. The highest BCUT2D eigenvalue weighted by atomic mass is 16.6. The molecule has 0 saturated heterocycles. The topological polar surface area (TPSA) is 67.9 Å². The second-order valence-corrected chi connectivity index (χ2v) is 8.87. The molecule has 0 heterocycles. The Hall–Kier alpha value is -1.30. The largest absolute Gasteiger partial charge is 0.443 e. The Labute approximate surface area is 146 Å². The maximum absolute atomic E-state index is 12.5. The van der Waals surface area contributed by atoms with Gasteiger partial charge in [-0.15, -0.1) is 0 Å². The Morgan fingerprint density at radius 3 is 2.17 bits per heavy atom. The zero-order chi connectivity index (χ0) is 18.5. The second-order valence-electron chi connectivity index (χ2n) is 8.87. The fourth-order valence-electron chi connectivity index (χ4n) is 2.51. The first-order valence-electron chi connectivity index (χ1n) is 8.72. The van der Waals surface area contributed by atoms with Gasteiger partial charge in [0.05, 0.1) is 6.10 Å². The Morgan fingerprint density at radius 2 is 1.71 bits per heavy atom. The number of ether oxygens (including phenoxy) is 2. The van der Waals surface area contributed by atoms with Crippen LogP contribution < -0.4 is 5.43 Å². The van der Waals surface area contributed by atoms with Crippen molar-refractivity contribution in [1.29, 1.82) is 0 Å². The Balaban J connectivity index is 2.61. The van der Waals surface area contributed by atoms with Crippen molar-refractivity contribution in [2.45, 2.75) is 78.9 Å². The summed E-state index contributed by atoms with van der Waals surface area (Å²) in [5.74, 6) is 0.278. The Bertz CT molecular complexity index is 431. The summed E-state index contributed by atoms with van der Waals surface area (Å²) in [4.78, 5) is 24.6. The van der Waals surface area contributed by atoms with Gasteiger partial charge in [0.25, 0.3) is 0 Å². The maximum Gasteiger partial charge on any atom is 0.426 e. The molecule has 140 valence electrons. The third kappa shape index (κ3) is 7.99.